The second kappa shape index (κ2) is 10.2. The molecule has 0 aliphatic carbocycles. The lowest BCUT2D eigenvalue weighted by Crippen LogP contribution is -2.12. The number of hydrogen-bond donors (Lipinski definition) is 0. The molecule has 6 heteroatoms. The van der Waals surface area contributed by atoms with Crippen molar-refractivity contribution in [1.29, 1.82) is 0 Å². The number of para-hydroxylation sites is 2. The van der Waals surface area contributed by atoms with Crippen molar-refractivity contribution in [2.75, 3.05) is 0 Å². The first-order chi connectivity index (χ1) is 13.4. The number of unbranched alkanes of at least 4 members (excludes halogenated alkanes) is 1. The zero-order chi connectivity index (χ0) is 20.5. The molecule has 2 aromatic rings. The van der Waals surface area contributed by atoms with E-state index in [0.717, 1.165) is 0 Å². The van der Waals surface area contributed by atoms with Crippen LogP contribution in [0.15, 0.2) is 48.5 Å². The largest absolute Gasteiger partial charge is 0.426 e. The van der Waals surface area contributed by atoms with Gasteiger partial charge < -0.3 is 9.47 Å². The molecule has 0 saturated heterocycles. The molecule has 0 aliphatic rings. The van der Waals surface area contributed by atoms with Crippen LogP contribution < -0.4 is 9.47 Å². The monoisotopic (exact) mass is 382 g/mol. The van der Waals surface area contributed by atoms with Gasteiger partial charge in [-0.3, -0.25) is 19.2 Å². The van der Waals surface area contributed by atoms with Crippen LogP contribution >= 0.6 is 0 Å². The predicted molar refractivity (Wildman–Crippen MR) is 103 cm³/mol. The second-order valence-corrected chi connectivity index (χ2v) is 6.26. The molecule has 0 radical (unpaired) electrons. The quantitative estimate of drug-likeness (QED) is 0.280. The van der Waals surface area contributed by atoms with Crippen LogP contribution in [0.3, 0.4) is 0 Å². The summed E-state index contributed by atoms with van der Waals surface area (Å²) in [5.74, 6) is -0.831. The van der Waals surface area contributed by atoms with Gasteiger partial charge in [-0.2, -0.15) is 0 Å². The highest BCUT2D eigenvalue weighted by molar-refractivity contribution is 5.98. The summed E-state index contributed by atoms with van der Waals surface area (Å²) in [6.45, 7) is 2.81. The molecule has 0 saturated carbocycles. The lowest BCUT2D eigenvalue weighted by molar-refractivity contribution is -0.136. The molecule has 0 fully saturated rings. The van der Waals surface area contributed by atoms with Crippen LogP contribution in [0.5, 0.6) is 11.5 Å². The van der Waals surface area contributed by atoms with E-state index in [9.17, 15) is 19.2 Å². The normalized spacial score (nSPS) is 10.2. The van der Waals surface area contributed by atoms with E-state index in [0.29, 0.717) is 24.0 Å². The Morgan fingerprint density at radius 3 is 1.36 bits per heavy atom. The number of ether oxygens (including phenoxy) is 2. The molecule has 0 heterocycles. The SMILES string of the molecule is CC(=O)c1ccccc1OC(=O)CCCCC(=O)Oc1ccccc1C(C)=O. The van der Waals surface area contributed by atoms with Gasteiger partial charge in [-0.15, -0.1) is 0 Å². The van der Waals surface area contributed by atoms with E-state index in [-0.39, 0.29) is 35.9 Å². The maximum atomic E-state index is 12.0. The van der Waals surface area contributed by atoms with Crippen LogP contribution in [0.4, 0.5) is 0 Å². The fourth-order valence-corrected chi connectivity index (χ4v) is 2.58. The van der Waals surface area contributed by atoms with Crippen molar-refractivity contribution >= 4 is 23.5 Å². The summed E-state index contributed by atoms with van der Waals surface area (Å²) in [5.41, 5.74) is 0.701. The third kappa shape index (κ3) is 6.16. The minimum absolute atomic E-state index is 0.115. The third-order valence-corrected chi connectivity index (χ3v) is 3.99. The standard InChI is InChI=1S/C22H22O6/c1-15(23)17-9-3-5-11-19(17)27-21(25)13-7-8-14-22(26)28-20-12-6-4-10-18(20)16(2)24/h3-6,9-12H,7-8,13-14H2,1-2H3. The summed E-state index contributed by atoms with van der Waals surface area (Å²) in [5, 5.41) is 0. The lowest BCUT2D eigenvalue weighted by atomic mass is 10.1. The highest BCUT2D eigenvalue weighted by Crippen LogP contribution is 2.20. The number of hydrogen-bond acceptors (Lipinski definition) is 6. The molecule has 0 unspecified atom stereocenters. The zero-order valence-electron chi connectivity index (χ0n) is 15.9. The number of carbonyl (C=O) groups is 4. The van der Waals surface area contributed by atoms with Gasteiger partial charge in [0.1, 0.15) is 11.5 Å². The van der Waals surface area contributed by atoms with Crippen LogP contribution in [0.25, 0.3) is 0 Å². The minimum Gasteiger partial charge on any atom is -0.426 e. The van der Waals surface area contributed by atoms with Crippen LogP contribution in [-0.2, 0) is 9.59 Å². The Morgan fingerprint density at radius 2 is 1.00 bits per heavy atom. The van der Waals surface area contributed by atoms with E-state index in [1.54, 1.807) is 48.5 Å². The summed E-state index contributed by atoms with van der Waals surface area (Å²) in [7, 11) is 0. The smallest absolute Gasteiger partial charge is 0.311 e. The average Bonchev–Trinajstić information content (AvgIpc) is 2.65. The van der Waals surface area contributed by atoms with E-state index in [1.165, 1.54) is 13.8 Å². The molecule has 0 amide bonds. The van der Waals surface area contributed by atoms with E-state index in [1.807, 2.05) is 0 Å². The Labute approximate surface area is 163 Å². The molecule has 0 bridgehead atoms. The number of esters is 2. The molecule has 146 valence electrons. The maximum absolute atomic E-state index is 12.0. The molecule has 2 rings (SSSR count). The predicted octanol–water partition coefficient (Wildman–Crippen LogP) is 4.16. The van der Waals surface area contributed by atoms with Gasteiger partial charge >= 0.3 is 11.9 Å². The van der Waals surface area contributed by atoms with Crippen molar-refractivity contribution in [2.24, 2.45) is 0 Å². The Kier molecular flexibility index (Phi) is 7.63. The fraction of sp³-hybridized carbons (Fsp3) is 0.273. The van der Waals surface area contributed by atoms with Crippen molar-refractivity contribution in [3.05, 3.63) is 59.7 Å². The first-order valence-electron chi connectivity index (χ1n) is 8.99. The molecule has 0 atom stereocenters. The van der Waals surface area contributed by atoms with Gasteiger partial charge in [0.05, 0.1) is 11.1 Å². The topological polar surface area (TPSA) is 86.7 Å². The van der Waals surface area contributed by atoms with Crippen molar-refractivity contribution in [3.8, 4) is 11.5 Å². The van der Waals surface area contributed by atoms with Crippen molar-refractivity contribution in [1.82, 2.24) is 0 Å². The Balaban J connectivity index is 1.77. The summed E-state index contributed by atoms with van der Waals surface area (Å²) in [6, 6.07) is 13.1. The highest BCUT2D eigenvalue weighted by Gasteiger charge is 2.14. The number of benzene rings is 2. The molecular formula is C22H22O6. The third-order valence-electron chi connectivity index (χ3n) is 3.99. The molecule has 0 aliphatic heterocycles. The lowest BCUT2D eigenvalue weighted by Gasteiger charge is -2.09. The maximum Gasteiger partial charge on any atom is 0.311 e. The van der Waals surface area contributed by atoms with E-state index in [2.05, 4.69) is 0 Å². The molecule has 2 aromatic carbocycles. The van der Waals surface area contributed by atoms with Crippen molar-refractivity contribution in [3.63, 3.8) is 0 Å². The van der Waals surface area contributed by atoms with E-state index >= 15 is 0 Å². The first-order valence-corrected chi connectivity index (χ1v) is 8.99. The van der Waals surface area contributed by atoms with Crippen molar-refractivity contribution < 1.29 is 28.7 Å². The van der Waals surface area contributed by atoms with Gasteiger partial charge in [0.15, 0.2) is 11.6 Å². The van der Waals surface area contributed by atoms with Crippen LogP contribution in [0.2, 0.25) is 0 Å². The average molecular weight is 382 g/mol. The zero-order valence-corrected chi connectivity index (χ0v) is 15.9. The molecule has 0 N–H and O–H groups in total. The molecule has 0 spiro atoms. The van der Waals surface area contributed by atoms with E-state index < -0.39 is 11.9 Å². The van der Waals surface area contributed by atoms with Gasteiger partial charge in [-0.05, 0) is 51.0 Å². The summed E-state index contributed by atoms with van der Waals surface area (Å²) < 4.78 is 10.5. The van der Waals surface area contributed by atoms with Crippen LogP contribution in [0.1, 0.15) is 60.2 Å². The number of ketones is 2. The molecule has 0 aromatic heterocycles. The van der Waals surface area contributed by atoms with Gasteiger partial charge in [0.25, 0.3) is 0 Å². The molecular weight excluding hydrogens is 360 g/mol. The Bertz CT molecular complexity index is 811. The molecule has 6 nitrogen and oxygen atoms in total. The first kappa shape index (κ1) is 21.0. The second-order valence-electron chi connectivity index (χ2n) is 6.26. The van der Waals surface area contributed by atoms with Gasteiger partial charge in [0, 0.05) is 12.8 Å². The summed E-state index contributed by atoms with van der Waals surface area (Å²) in [6.07, 6.45) is 1.10. The number of Topliss-reactive ketones (excluding diaryl/α,β-unsaturated/α-hetero) is 2. The number of rotatable bonds is 9. The van der Waals surface area contributed by atoms with E-state index in [4.69, 9.17) is 9.47 Å². The summed E-state index contributed by atoms with van der Waals surface area (Å²) in [4.78, 5) is 47.0. The van der Waals surface area contributed by atoms with Crippen LogP contribution in [-0.4, -0.2) is 23.5 Å². The number of carbonyl (C=O) groups excluding carboxylic acids is 4. The minimum atomic E-state index is -0.469. The van der Waals surface area contributed by atoms with Crippen LogP contribution in [0, 0.1) is 0 Å². The van der Waals surface area contributed by atoms with Gasteiger partial charge in [-0.1, -0.05) is 24.3 Å². The Morgan fingerprint density at radius 1 is 0.643 bits per heavy atom. The Hall–Kier alpha value is -3.28. The molecule has 28 heavy (non-hydrogen) atoms. The van der Waals surface area contributed by atoms with Crippen molar-refractivity contribution in [2.45, 2.75) is 39.5 Å². The highest BCUT2D eigenvalue weighted by atomic mass is 16.5. The fourth-order valence-electron chi connectivity index (χ4n) is 2.58. The van der Waals surface area contributed by atoms with Gasteiger partial charge in [0.2, 0.25) is 0 Å². The summed E-state index contributed by atoms with van der Waals surface area (Å²) >= 11 is 0. The van der Waals surface area contributed by atoms with Gasteiger partial charge in [-0.25, -0.2) is 0 Å².